The molecular formula is C16H18O2S. The second kappa shape index (κ2) is 7.34. The molecule has 0 saturated carbocycles. The molecule has 0 bridgehead atoms. The van der Waals surface area contributed by atoms with Crippen LogP contribution in [0.1, 0.15) is 11.1 Å². The first-order valence-electron chi connectivity index (χ1n) is 6.39. The molecule has 2 N–H and O–H groups in total. The van der Waals surface area contributed by atoms with Crippen molar-refractivity contribution >= 4 is 11.8 Å². The summed E-state index contributed by atoms with van der Waals surface area (Å²) in [7, 11) is 0. The summed E-state index contributed by atoms with van der Waals surface area (Å²) in [5.74, 6) is 0. The number of hydrogen-bond acceptors (Lipinski definition) is 3. The molecule has 0 amide bonds. The van der Waals surface area contributed by atoms with Gasteiger partial charge in [-0.25, -0.2) is 0 Å². The Morgan fingerprint density at radius 3 is 1.32 bits per heavy atom. The van der Waals surface area contributed by atoms with E-state index in [2.05, 4.69) is 48.5 Å². The van der Waals surface area contributed by atoms with Gasteiger partial charge in [0.2, 0.25) is 0 Å². The first kappa shape index (κ1) is 14.1. The van der Waals surface area contributed by atoms with Gasteiger partial charge in [-0.15, -0.1) is 0 Å². The number of aliphatic hydroxyl groups is 2. The van der Waals surface area contributed by atoms with Crippen LogP contribution in [0.4, 0.5) is 0 Å². The maximum Gasteiger partial charge on any atom is 0.0471 e. The number of rotatable bonds is 6. The van der Waals surface area contributed by atoms with E-state index in [1.807, 2.05) is 0 Å². The first-order chi connectivity index (χ1) is 9.31. The third kappa shape index (κ3) is 4.39. The van der Waals surface area contributed by atoms with Gasteiger partial charge in [0.25, 0.3) is 0 Å². The number of aliphatic hydroxyl groups excluding tert-OH is 2. The average molecular weight is 274 g/mol. The van der Waals surface area contributed by atoms with Crippen LogP contribution >= 0.6 is 11.8 Å². The Hall–Kier alpha value is -1.29. The highest BCUT2D eigenvalue weighted by Crippen LogP contribution is 2.28. The van der Waals surface area contributed by atoms with Crippen LogP contribution in [0.3, 0.4) is 0 Å². The molecule has 2 aromatic carbocycles. The van der Waals surface area contributed by atoms with Gasteiger partial charge in [0, 0.05) is 23.0 Å². The summed E-state index contributed by atoms with van der Waals surface area (Å²) in [5.41, 5.74) is 2.32. The van der Waals surface area contributed by atoms with E-state index >= 15 is 0 Å². The zero-order valence-electron chi connectivity index (χ0n) is 10.7. The minimum absolute atomic E-state index is 0.193. The van der Waals surface area contributed by atoms with E-state index in [-0.39, 0.29) is 13.2 Å². The molecule has 0 aliphatic carbocycles. The molecule has 0 unspecified atom stereocenters. The third-order valence-electron chi connectivity index (χ3n) is 2.88. The SMILES string of the molecule is OCCc1ccc(Sc2ccc(CCO)cc2)cc1. The summed E-state index contributed by atoms with van der Waals surface area (Å²) >= 11 is 1.72. The molecule has 19 heavy (non-hydrogen) atoms. The molecule has 2 aromatic rings. The lowest BCUT2D eigenvalue weighted by molar-refractivity contribution is 0.299. The molecule has 0 fully saturated rings. The Morgan fingerprint density at radius 2 is 1.00 bits per heavy atom. The summed E-state index contributed by atoms with van der Waals surface area (Å²) in [4.78, 5) is 2.38. The fourth-order valence-electron chi connectivity index (χ4n) is 1.84. The van der Waals surface area contributed by atoms with Crippen LogP contribution in [0.15, 0.2) is 58.3 Å². The zero-order valence-corrected chi connectivity index (χ0v) is 11.6. The van der Waals surface area contributed by atoms with Crippen molar-refractivity contribution in [3.63, 3.8) is 0 Å². The van der Waals surface area contributed by atoms with Gasteiger partial charge in [0.05, 0.1) is 0 Å². The molecule has 0 aliphatic heterocycles. The molecule has 2 nitrogen and oxygen atoms in total. The van der Waals surface area contributed by atoms with Crippen molar-refractivity contribution in [2.24, 2.45) is 0 Å². The van der Waals surface area contributed by atoms with E-state index in [9.17, 15) is 0 Å². The zero-order chi connectivity index (χ0) is 13.5. The lowest BCUT2D eigenvalue weighted by Crippen LogP contribution is -1.90. The van der Waals surface area contributed by atoms with Gasteiger partial charge < -0.3 is 10.2 Å². The van der Waals surface area contributed by atoms with Crippen molar-refractivity contribution in [1.29, 1.82) is 0 Å². The van der Waals surface area contributed by atoms with E-state index in [0.29, 0.717) is 12.8 Å². The molecule has 0 aromatic heterocycles. The van der Waals surface area contributed by atoms with Crippen LogP contribution in [-0.4, -0.2) is 23.4 Å². The second-order valence-corrected chi connectivity index (χ2v) is 5.48. The van der Waals surface area contributed by atoms with Crippen LogP contribution in [-0.2, 0) is 12.8 Å². The summed E-state index contributed by atoms with van der Waals surface area (Å²) in [6, 6.07) is 16.5. The Morgan fingerprint density at radius 1 is 0.632 bits per heavy atom. The van der Waals surface area contributed by atoms with Gasteiger partial charge in [0.1, 0.15) is 0 Å². The van der Waals surface area contributed by atoms with E-state index in [4.69, 9.17) is 10.2 Å². The van der Waals surface area contributed by atoms with Gasteiger partial charge in [0.15, 0.2) is 0 Å². The minimum Gasteiger partial charge on any atom is -0.396 e. The van der Waals surface area contributed by atoms with Crippen molar-refractivity contribution in [2.45, 2.75) is 22.6 Å². The fourth-order valence-corrected chi connectivity index (χ4v) is 2.66. The lowest BCUT2D eigenvalue weighted by Gasteiger charge is -2.04. The first-order valence-corrected chi connectivity index (χ1v) is 7.21. The van der Waals surface area contributed by atoms with Gasteiger partial charge in [-0.1, -0.05) is 36.0 Å². The topological polar surface area (TPSA) is 40.5 Å². The van der Waals surface area contributed by atoms with Crippen LogP contribution < -0.4 is 0 Å². The Labute approximate surface area is 118 Å². The van der Waals surface area contributed by atoms with Gasteiger partial charge in [-0.2, -0.15) is 0 Å². The quantitative estimate of drug-likeness (QED) is 0.851. The summed E-state index contributed by atoms with van der Waals surface area (Å²) in [6.45, 7) is 0.387. The second-order valence-electron chi connectivity index (χ2n) is 4.34. The number of benzene rings is 2. The smallest absolute Gasteiger partial charge is 0.0471 e. The van der Waals surface area contributed by atoms with Crippen molar-refractivity contribution < 1.29 is 10.2 Å². The standard InChI is InChI=1S/C16H18O2S/c17-11-9-13-1-5-15(6-2-13)19-16-7-3-14(4-8-16)10-12-18/h1-8,17-18H,9-12H2. The predicted molar refractivity (Wildman–Crippen MR) is 78.6 cm³/mol. The Balaban J connectivity index is 1.99. The van der Waals surface area contributed by atoms with Crippen LogP contribution in [0.2, 0.25) is 0 Å². The molecule has 0 spiro atoms. The third-order valence-corrected chi connectivity index (χ3v) is 3.90. The summed E-state index contributed by atoms with van der Waals surface area (Å²) in [6.07, 6.45) is 1.42. The van der Waals surface area contributed by atoms with Gasteiger partial charge in [-0.3, -0.25) is 0 Å². The van der Waals surface area contributed by atoms with Crippen molar-refractivity contribution in [1.82, 2.24) is 0 Å². The van der Waals surface area contributed by atoms with Crippen LogP contribution in [0.5, 0.6) is 0 Å². The summed E-state index contributed by atoms with van der Waals surface area (Å²) in [5, 5.41) is 17.7. The van der Waals surface area contributed by atoms with E-state index in [0.717, 1.165) is 11.1 Å². The minimum atomic E-state index is 0.193. The lowest BCUT2D eigenvalue weighted by atomic mass is 10.2. The van der Waals surface area contributed by atoms with E-state index < -0.39 is 0 Å². The maximum atomic E-state index is 8.87. The molecule has 0 heterocycles. The molecule has 0 radical (unpaired) electrons. The normalized spacial score (nSPS) is 10.6. The Bertz CT molecular complexity index is 444. The molecule has 3 heteroatoms. The number of hydrogen-bond donors (Lipinski definition) is 2. The maximum absolute atomic E-state index is 8.87. The predicted octanol–water partition coefficient (Wildman–Crippen LogP) is 2.91. The molecule has 2 rings (SSSR count). The fraction of sp³-hybridized carbons (Fsp3) is 0.250. The van der Waals surface area contributed by atoms with Crippen molar-refractivity contribution in [2.75, 3.05) is 13.2 Å². The van der Waals surface area contributed by atoms with E-state index in [1.54, 1.807) is 11.8 Å². The van der Waals surface area contributed by atoms with Gasteiger partial charge >= 0.3 is 0 Å². The summed E-state index contributed by atoms with van der Waals surface area (Å²) < 4.78 is 0. The molecule has 100 valence electrons. The average Bonchev–Trinajstić information content (AvgIpc) is 2.44. The monoisotopic (exact) mass is 274 g/mol. The van der Waals surface area contributed by atoms with Crippen molar-refractivity contribution in [3.05, 3.63) is 59.7 Å². The Kier molecular flexibility index (Phi) is 5.45. The largest absolute Gasteiger partial charge is 0.396 e. The molecule has 0 atom stereocenters. The molecular weight excluding hydrogens is 256 g/mol. The van der Waals surface area contributed by atoms with Crippen molar-refractivity contribution in [3.8, 4) is 0 Å². The van der Waals surface area contributed by atoms with Gasteiger partial charge in [-0.05, 0) is 48.2 Å². The molecule has 0 saturated heterocycles. The van der Waals surface area contributed by atoms with Crippen LogP contribution in [0.25, 0.3) is 0 Å². The van der Waals surface area contributed by atoms with E-state index in [1.165, 1.54) is 9.79 Å². The van der Waals surface area contributed by atoms with Crippen LogP contribution in [0, 0.1) is 0 Å². The highest BCUT2D eigenvalue weighted by atomic mass is 32.2. The molecule has 0 aliphatic rings. The highest BCUT2D eigenvalue weighted by Gasteiger charge is 1.99. The highest BCUT2D eigenvalue weighted by molar-refractivity contribution is 7.99.